The lowest BCUT2D eigenvalue weighted by Crippen LogP contribution is -2.28. The average molecular weight is 524 g/mol. The van der Waals surface area contributed by atoms with Gasteiger partial charge in [-0.2, -0.15) is 0 Å². The zero-order valence-electron chi connectivity index (χ0n) is 21.6. The summed E-state index contributed by atoms with van der Waals surface area (Å²) < 4.78 is 15.5. The van der Waals surface area contributed by atoms with E-state index in [-0.39, 0.29) is 11.5 Å². The molecule has 0 aliphatic carbocycles. The van der Waals surface area contributed by atoms with E-state index in [1.165, 1.54) is 24.3 Å². The SMILES string of the molecule is C=C(C)C(=O)Nc1ccc(OC(=O)NCCCCCCNC(=O)Oc2ccc(OC(=O)C(=C)C)cc2)cc1. The number of amides is 3. The van der Waals surface area contributed by atoms with Gasteiger partial charge in [0.25, 0.3) is 5.91 Å². The van der Waals surface area contributed by atoms with Gasteiger partial charge in [0.2, 0.25) is 0 Å². The van der Waals surface area contributed by atoms with Crippen LogP contribution < -0.4 is 30.2 Å². The monoisotopic (exact) mass is 523 g/mol. The van der Waals surface area contributed by atoms with E-state index < -0.39 is 18.2 Å². The molecule has 0 saturated carbocycles. The Kier molecular flexibility index (Phi) is 12.1. The number of hydrogen-bond donors (Lipinski definition) is 3. The first-order chi connectivity index (χ1) is 18.1. The summed E-state index contributed by atoms with van der Waals surface area (Å²) in [5.74, 6) is 0.200. The first-order valence-corrected chi connectivity index (χ1v) is 12.1. The summed E-state index contributed by atoms with van der Waals surface area (Å²) in [5.41, 5.74) is 1.26. The van der Waals surface area contributed by atoms with Crippen molar-refractivity contribution in [1.82, 2.24) is 10.6 Å². The molecule has 0 spiro atoms. The molecule has 0 saturated heterocycles. The van der Waals surface area contributed by atoms with Crippen molar-refractivity contribution in [1.29, 1.82) is 0 Å². The van der Waals surface area contributed by atoms with E-state index in [2.05, 4.69) is 29.1 Å². The van der Waals surface area contributed by atoms with Crippen molar-refractivity contribution in [3.8, 4) is 17.2 Å². The van der Waals surface area contributed by atoms with E-state index in [0.717, 1.165) is 25.7 Å². The van der Waals surface area contributed by atoms with Crippen LogP contribution in [0.4, 0.5) is 15.3 Å². The van der Waals surface area contributed by atoms with Gasteiger partial charge in [0.15, 0.2) is 0 Å². The van der Waals surface area contributed by atoms with Gasteiger partial charge in [-0.25, -0.2) is 14.4 Å². The molecule has 0 atom stereocenters. The fraction of sp³-hybridized carbons (Fsp3) is 0.286. The maximum Gasteiger partial charge on any atom is 0.412 e. The third kappa shape index (κ3) is 11.4. The first kappa shape index (κ1) is 29.6. The normalized spacial score (nSPS) is 10.1. The molecule has 202 valence electrons. The summed E-state index contributed by atoms with van der Waals surface area (Å²) in [6.45, 7) is 11.2. The molecule has 0 aliphatic rings. The van der Waals surface area contributed by atoms with Crippen molar-refractivity contribution in [3.05, 3.63) is 72.8 Å². The minimum absolute atomic E-state index is 0.278. The summed E-state index contributed by atoms with van der Waals surface area (Å²) in [7, 11) is 0. The van der Waals surface area contributed by atoms with Crippen LogP contribution in [0.15, 0.2) is 72.8 Å². The zero-order valence-corrected chi connectivity index (χ0v) is 21.6. The lowest BCUT2D eigenvalue weighted by atomic mass is 10.2. The second kappa shape index (κ2) is 15.5. The van der Waals surface area contributed by atoms with E-state index in [9.17, 15) is 19.2 Å². The van der Waals surface area contributed by atoms with Gasteiger partial charge < -0.3 is 30.2 Å². The number of benzene rings is 2. The summed E-state index contributed by atoms with van der Waals surface area (Å²) in [5, 5.41) is 8.03. The molecule has 3 N–H and O–H groups in total. The standard InChI is InChI=1S/C28H33N3O7/c1-19(2)25(32)31-21-9-11-23(12-10-21)37-27(34)29-17-7-5-6-8-18-30-28(35)38-24-15-13-22(14-16-24)36-26(33)20(3)4/h9-16H,1,3,5-8,17-18H2,2,4H3,(H,29,34)(H,30,35)(H,31,32). The van der Waals surface area contributed by atoms with Crippen molar-refractivity contribution in [2.75, 3.05) is 18.4 Å². The number of carbonyl (C=O) groups excluding carboxylic acids is 4. The molecule has 3 amide bonds. The van der Waals surface area contributed by atoms with Crippen LogP contribution in [0.25, 0.3) is 0 Å². The van der Waals surface area contributed by atoms with Crippen molar-refractivity contribution < 1.29 is 33.4 Å². The van der Waals surface area contributed by atoms with Crippen LogP contribution in [0.3, 0.4) is 0 Å². The highest BCUT2D eigenvalue weighted by atomic mass is 16.6. The van der Waals surface area contributed by atoms with E-state index in [1.54, 1.807) is 38.1 Å². The molecule has 2 aromatic carbocycles. The molecule has 0 aliphatic heterocycles. The molecular weight excluding hydrogens is 490 g/mol. The second-order valence-corrected chi connectivity index (χ2v) is 8.45. The Bertz CT molecular complexity index is 1050. The van der Waals surface area contributed by atoms with E-state index in [0.29, 0.717) is 41.6 Å². The van der Waals surface area contributed by atoms with Gasteiger partial charge in [-0.1, -0.05) is 26.0 Å². The summed E-state index contributed by atoms with van der Waals surface area (Å²) in [6.07, 6.45) is 2.09. The van der Waals surface area contributed by atoms with E-state index in [1.807, 2.05) is 0 Å². The first-order valence-electron chi connectivity index (χ1n) is 12.1. The lowest BCUT2D eigenvalue weighted by molar-refractivity contribution is -0.130. The van der Waals surface area contributed by atoms with Crippen LogP contribution in [0.5, 0.6) is 17.2 Å². The van der Waals surface area contributed by atoms with Gasteiger partial charge in [0.1, 0.15) is 17.2 Å². The number of esters is 1. The molecule has 0 aromatic heterocycles. The fourth-order valence-electron chi connectivity index (χ4n) is 2.88. The molecule has 0 heterocycles. The number of hydrogen-bond acceptors (Lipinski definition) is 7. The predicted octanol–water partition coefficient (Wildman–Crippen LogP) is 5.12. The summed E-state index contributed by atoms with van der Waals surface area (Å²) in [6, 6.07) is 12.5. The molecule has 0 unspecified atom stereocenters. The Morgan fingerprint density at radius 1 is 0.632 bits per heavy atom. The maximum absolute atomic E-state index is 11.9. The third-order valence-electron chi connectivity index (χ3n) is 4.95. The van der Waals surface area contributed by atoms with Crippen LogP contribution in [0.2, 0.25) is 0 Å². The Hall–Kier alpha value is -4.60. The topological polar surface area (TPSA) is 132 Å². The van der Waals surface area contributed by atoms with Gasteiger partial charge in [0, 0.05) is 29.9 Å². The lowest BCUT2D eigenvalue weighted by Gasteiger charge is -2.09. The maximum atomic E-state index is 11.9. The van der Waals surface area contributed by atoms with Crippen LogP contribution in [0, 0.1) is 0 Å². The predicted molar refractivity (Wildman–Crippen MR) is 143 cm³/mol. The minimum atomic E-state index is -0.577. The van der Waals surface area contributed by atoms with Gasteiger partial charge in [-0.05, 0) is 75.2 Å². The van der Waals surface area contributed by atoms with E-state index >= 15 is 0 Å². The number of anilines is 1. The van der Waals surface area contributed by atoms with Crippen molar-refractivity contribution in [2.45, 2.75) is 39.5 Å². The van der Waals surface area contributed by atoms with Crippen LogP contribution >= 0.6 is 0 Å². The van der Waals surface area contributed by atoms with Crippen LogP contribution in [-0.4, -0.2) is 37.2 Å². The van der Waals surface area contributed by atoms with Crippen molar-refractivity contribution >= 4 is 29.8 Å². The molecule has 2 rings (SSSR count). The number of nitrogens with one attached hydrogen (secondary N) is 3. The molecule has 0 radical (unpaired) electrons. The average Bonchev–Trinajstić information content (AvgIpc) is 2.87. The van der Waals surface area contributed by atoms with Gasteiger partial charge in [-0.3, -0.25) is 4.79 Å². The van der Waals surface area contributed by atoms with Crippen LogP contribution in [-0.2, 0) is 9.59 Å². The third-order valence-corrected chi connectivity index (χ3v) is 4.95. The summed E-state index contributed by atoms with van der Waals surface area (Å²) in [4.78, 5) is 46.9. The Morgan fingerprint density at radius 2 is 1.05 bits per heavy atom. The van der Waals surface area contributed by atoms with Gasteiger partial charge >= 0.3 is 18.2 Å². The number of carbonyl (C=O) groups is 4. The highest BCUT2D eigenvalue weighted by Crippen LogP contribution is 2.19. The molecule has 0 bridgehead atoms. The number of ether oxygens (including phenoxy) is 3. The highest BCUT2D eigenvalue weighted by Gasteiger charge is 2.08. The quantitative estimate of drug-likeness (QED) is 0.144. The molecule has 10 nitrogen and oxygen atoms in total. The largest absolute Gasteiger partial charge is 0.423 e. The van der Waals surface area contributed by atoms with Gasteiger partial charge in [-0.15, -0.1) is 0 Å². The Morgan fingerprint density at radius 3 is 1.47 bits per heavy atom. The Balaban J connectivity index is 1.52. The van der Waals surface area contributed by atoms with E-state index in [4.69, 9.17) is 14.2 Å². The molecule has 0 fully saturated rings. The Labute approximate surface area is 222 Å². The van der Waals surface area contributed by atoms with Crippen LogP contribution in [0.1, 0.15) is 39.5 Å². The van der Waals surface area contributed by atoms with Gasteiger partial charge in [0.05, 0.1) is 0 Å². The van der Waals surface area contributed by atoms with Crippen molar-refractivity contribution in [3.63, 3.8) is 0 Å². The second-order valence-electron chi connectivity index (χ2n) is 8.45. The minimum Gasteiger partial charge on any atom is -0.423 e. The number of rotatable bonds is 13. The fourth-order valence-corrected chi connectivity index (χ4v) is 2.88. The zero-order chi connectivity index (χ0) is 27.9. The van der Waals surface area contributed by atoms with Crippen molar-refractivity contribution in [2.24, 2.45) is 0 Å². The molecular formula is C28H33N3O7. The molecule has 38 heavy (non-hydrogen) atoms. The number of unbranched alkanes of at least 4 members (excludes halogenated alkanes) is 3. The summed E-state index contributed by atoms with van der Waals surface area (Å²) >= 11 is 0. The highest BCUT2D eigenvalue weighted by molar-refractivity contribution is 6.02. The molecule has 2 aromatic rings. The smallest absolute Gasteiger partial charge is 0.412 e. The molecule has 10 heteroatoms.